The van der Waals surface area contributed by atoms with Crippen LogP contribution in [0.2, 0.25) is 0 Å². The number of carbonyl (C=O) groups is 1. The van der Waals surface area contributed by atoms with Crippen LogP contribution in [0.1, 0.15) is 30.3 Å². The first-order chi connectivity index (χ1) is 9.65. The fourth-order valence-corrected chi connectivity index (χ4v) is 2.59. The van der Waals surface area contributed by atoms with Crippen molar-refractivity contribution in [2.45, 2.75) is 25.8 Å². The maximum absolute atomic E-state index is 11.6. The zero-order chi connectivity index (χ0) is 14.5. The molecule has 0 aliphatic carbocycles. The minimum absolute atomic E-state index is 0.262. The highest BCUT2D eigenvalue weighted by Gasteiger charge is 2.24. The SMILES string of the molecule is CCC1CN(C)CCCN1c1cncc(C(=O)OC)n1. The van der Waals surface area contributed by atoms with Gasteiger partial charge in [-0.25, -0.2) is 9.78 Å². The Morgan fingerprint density at radius 2 is 2.25 bits per heavy atom. The number of carbonyl (C=O) groups excluding carboxylic acids is 1. The van der Waals surface area contributed by atoms with Gasteiger partial charge in [0.1, 0.15) is 5.82 Å². The zero-order valence-corrected chi connectivity index (χ0v) is 12.4. The van der Waals surface area contributed by atoms with E-state index in [0.717, 1.165) is 38.3 Å². The Balaban J connectivity index is 2.26. The van der Waals surface area contributed by atoms with Crippen LogP contribution in [0.3, 0.4) is 0 Å². The Morgan fingerprint density at radius 1 is 1.45 bits per heavy atom. The quantitative estimate of drug-likeness (QED) is 0.774. The topological polar surface area (TPSA) is 58.6 Å². The number of anilines is 1. The summed E-state index contributed by atoms with van der Waals surface area (Å²) in [6.07, 6.45) is 5.28. The molecular weight excluding hydrogens is 256 g/mol. The van der Waals surface area contributed by atoms with Crippen LogP contribution in [0.4, 0.5) is 5.82 Å². The van der Waals surface area contributed by atoms with Crippen LogP contribution >= 0.6 is 0 Å². The van der Waals surface area contributed by atoms with Crippen molar-refractivity contribution >= 4 is 11.8 Å². The molecular formula is C14H22N4O2. The average molecular weight is 278 g/mol. The lowest BCUT2D eigenvalue weighted by atomic mass is 10.2. The molecule has 0 N–H and O–H groups in total. The number of rotatable bonds is 3. The van der Waals surface area contributed by atoms with E-state index >= 15 is 0 Å². The van der Waals surface area contributed by atoms with Gasteiger partial charge in [-0.1, -0.05) is 6.92 Å². The summed E-state index contributed by atoms with van der Waals surface area (Å²) in [6, 6.07) is 0.393. The molecule has 0 saturated carbocycles. The second-order valence-electron chi connectivity index (χ2n) is 5.13. The summed E-state index contributed by atoms with van der Waals surface area (Å²) in [5.74, 6) is 0.314. The molecule has 0 spiro atoms. The van der Waals surface area contributed by atoms with E-state index in [4.69, 9.17) is 4.74 Å². The van der Waals surface area contributed by atoms with Gasteiger partial charge in [-0.2, -0.15) is 0 Å². The van der Waals surface area contributed by atoms with E-state index < -0.39 is 5.97 Å². The summed E-state index contributed by atoms with van der Waals surface area (Å²) in [6.45, 7) is 5.19. The summed E-state index contributed by atoms with van der Waals surface area (Å²) < 4.78 is 4.71. The highest BCUT2D eigenvalue weighted by molar-refractivity contribution is 5.87. The zero-order valence-electron chi connectivity index (χ0n) is 12.4. The van der Waals surface area contributed by atoms with Gasteiger partial charge in [0.25, 0.3) is 0 Å². The highest BCUT2D eigenvalue weighted by Crippen LogP contribution is 2.19. The first kappa shape index (κ1) is 14.7. The molecule has 1 saturated heterocycles. The Bertz CT molecular complexity index is 466. The summed E-state index contributed by atoms with van der Waals surface area (Å²) in [5.41, 5.74) is 0.262. The number of aromatic nitrogens is 2. The summed E-state index contributed by atoms with van der Waals surface area (Å²) in [4.78, 5) is 24.7. The molecule has 2 heterocycles. The van der Waals surface area contributed by atoms with Gasteiger partial charge in [-0.15, -0.1) is 0 Å². The van der Waals surface area contributed by atoms with Crippen LogP contribution < -0.4 is 4.90 Å². The molecule has 20 heavy (non-hydrogen) atoms. The van der Waals surface area contributed by atoms with Crippen molar-refractivity contribution in [2.24, 2.45) is 0 Å². The normalized spacial score (nSPS) is 20.6. The number of methoxy groups -OCH3 is 1. The van der Waals surface area contributed by atoms with Crippen LogP contribution in [0.5, 0.6) is 0 Å². The van der Waals surface area contributed by atoms with Gasteiger partial charge < -0.3 is 14.5 Å². The van der Waals surface area contributed by atoms with Crippen molar-refractivity contribution in [3.8, 4) is 0 Å². The second-order valence-corrected chi connectivity index (χ2v) is 5.13. The van der Waals surface area contributed by atoms with Crippen molar-refractivity contribution in [2.75, 3.05) is 38.7 Å². The van der Waals surface area contributed by atoms with Crippen molar-refractivity contribution in [1.29, 1.82) is 0 Å². The lowest BCUT2D eigenvalue weighted by Gasteiger charge is -2.31. The van der Waals surface area contributed by atoms with Crippen molar-refractivity contribution in [3.05, 3.63) is 18.1 Å². The lowest BCUT2D eigenvalue weighted by Crippen LogP contribution is -2.40. The van der Waals surface area contributed by atoms with E-state index in [0.29, 0.717) is 6.04 Å². The van der Waals surface area contributed by atoms with E-state index in [1.54, 1.807) is 6.20 Å². The van der Waals surface area contributed by atoms with E-state index in [2.05, 4.69) is 33.7 Å². The molecule has 1 aromatic rings. The first-order valence-corrected chi connectivity index (χ1v) is 7.01. The van der Waals surface area contributed by atoms with E-state index in [1.807, 2.05) is 0 Å². The van der Waals surface area contributed by atoms with Gasteiger partial charge in [-0.05, 0) is 26.4 Å². The molecule has 1 unspecified atom stereocenters. The van der Waals surface area contributed by atoms with E-state index in [9.17, 15) is 4.79 Å². The molecule has 1 fully saturated rings. The van der Waals surface area contributed by atoms with Gasteiger partial charge in [0.15, 0.2) is 5.69 Å². The van der Waals surface area contributed by atoms with Gasteiger partial charge in [0.2, 0.25) is 0 Å². The molecule has 110 valence electrons. The Kier molecular flexibility index (Phi) is 4.89. The summed E-state index contributed by atoms with van der Waals surface area (Å²) in [5, 5.41) is 0. The molecule has 0 aromatic carbocycles. The van der Waals surface area contributed by atoms with E-state index in [1.165, 1.54) is 13.3 Å². The van der Waals surface area contributed by atoms with Crippen molar-refractivity contribution in [1.82, 2.24) is 14.9 Å². The third-order valence-electron chi connectivity index (χ3n) is 3.68. The molecule has 1 atom stereocenters. The maximum Gasteiger partial charge on any atom is 0.358 e. The fourth-order valence-electron chi connectivity index (χ4n) is 2.59. The van der Waals surface area contributed by atoms with E-state index in [-0.39, 0.29) is 5.69 Å². The summed E-state index contributed by atoms with van der Waals surface area (Å²) >= 11 is 0. The minimum Gasteiger partial charge on any atom is -0.464 e. The van der Waals surface area contributed by atoms with Gasteiger partial charge in [0.05, 0.1) is 19.5 Å². The van der Waals surface area contributed by atoms with Crippen LogP contribution in [0.25, 0.3) is 0 Å². The smallest absolute Gasteiger partial charge is 0.358 e. The molecule has 1 aromatic heterocycles. The second kappa shape index (κ2) is 6.65. The van der Waals surface area contributed by atoms with Gasteiger partial charge in [0, 0.05) is 19.1 Å². The Hall–Kier alpha value is -1.69. The third kappa shape index (κ3) is 3.25. The molecule has 6 heteroatoms. The van der Waals surface area contributed by atoms with Crippen LogP contribution in [-0.2, 0) is 4.74 Å². The van der Waals surface area contributed by atoms with Gasteiger partial charge in [-0.3, -0.25) is 4.98 Å². The largest absolute Gasteiger partial charge is 0.464 e. The maximum atomic E-state index is 11.6. The van der Waals surface area contributed by atoms with Crippen molar-refractivity contribution in [3.63, 3.8) is 0 Å². The molecule has 0 bridgehead atoms. The fraction of sp³-hybridized carbons (Fsp3) is 0.643. The number of nitrogens with zero attached hydrogens (tertiary/aromatic N) is 4. The molecule has 2 rings (SSSR count). The number of hydrogen-bond acceptors (Lipinski definition) is 6. The average Bonchev–Trinajstić information content (AvgIpc) is 2.67. The Labute approximate surface area is 119 Å². The lowest BCUT2D eigenvalue weighted by molar-refractivity contribution is 0.0593. The monoisotopic (exact) mass is 278 g/mol. The standard InChI is InChI=1S/C14H22N4O2/c1-4-11-10-17(2)6-5-7-18(11)13-9-15-8-12(16-13)14(19)20-3/h8-9,11H,4-7,10H2,1-3H3. The molecule has 6 nitrogen and oxygen atoms in total. The predicted octanol–water partition coefficient (Wildman–Crippen LogP) is 1.18. The number of ether oxygens (including phenoxy) is 1. The Morgan fingerprint density at radius 3 is 2.95 bits per heavy atom. The third-order valence-corrected chi connectivity index (χ3v) is 3.68. The van der Waals surface area contributed by atoms with Gasteiger partial charge >= 0.3 is 5.97 Å². The van der Waals surface area contributed by atoms with Crippen molar-refractivity contribution < 1.29 is 9.53 Å². The first-order valence-electron chi connectivity index (χ1n) is 7.01. The van der Waals surface area contributed by atoms with Crippen LogP contribution in [-0.4, -0.2) is 60.7 Å². The highest BCUT2D eigenvalue weighted by atomic mass is 16.5. The number of esters is 1. The molecule has 1 aliphatic rings. The minimum atomic E-state index is -0.445. The van der Waals surface area contributed by atoms with Crippen LogP contribution in [0.15, 0.2) is 12.4 Å². The molecule has 1 aliphatic heterocycles. The number of hydrogen-bond donors (Lipinski definition) is 0. The summed E-state index contributed by atoms with van der Waals surface area (Å²) in [7, 11) is 3.50. The molecule has 0 radical (unpaired) electrons. The molecule has 0 amide bonds. The van der Waals surface area contributed by atoms with Crippen LogP contribution in [0, 0.1) is 0 Å². The predicted molar refractivity (Wildman–Crippen MR) is 76.9 cm³/mol. The number of likely N-dealkylation sites (N-methyl/N-ethyl adjacent to an activating group) is 1.